The summed E-state index contributed by atoms with van der Waals surface area (Å²) in [5.41, 5.74) is 7.86. The predicted molar refractivity (Wildman–Crippen MR) is 54.9 cm³/mol. The van der Waals surface area contributed by atoms with E-state index >= 15 is 0 Å². The highest BCUT2D eigenvalue weighted by molar-refractivity contribution is 5.75. The van der Waals surface area contributed by atoms with Gasteiger partial charge in [-0.25, -0.2) is 0 Å². The lowest BCUT2D eigenvalue weighted by atomic mass is 10.0. The van der Waals surface area contributed by atoms with Gasteiger partial charge in [-0.1, -0.05) is 29.8 Å². The first kappa shape index (κ1) is 10.7. The van der Waals surface area contributed by atoms with Crippen LogP contribution >= 0.6 is 0 Å². The van der Waals surface area contributed by atoms with Crippen LogP contribution < -0.4 is 5.73 Å². The Hall–Kier alpha value is -1.35. The number of hydrogen-bond acceptors (Lipinski definition) is 3. The van der Waals surface area contributed by atoms with E-state index in [0.717, 1.165) is 5.56 Å². The molecule has 1 rings (SSSR count). The zero-order chi connectivity index (χ0) is 10.6. The highest BCUT2D eigenvalue weighted by atomic mass is 16.5. The fourth-order valence-electron chi connectivity index (χ4n) is 1.33. The van der Waals surface area contributed by atoms with Gasteiger partial charge in [-0.05, 0) is 18.9 Å². The monoisotopic (exact) mass is 193 g/mol. The second-order valence-corrected chi connectivity index (χ2v) is 3.32. The van der Waals surface area contributed by atoms with Crippen molar-refractivity contribution in [2.24, 2.45) is 5.73 Å². The summed E-state index contributed by atoms with van der Waals surface area (Å²) in [7, 11) is 1.35. The molecule has 14 heavy (non-hydrogen) atoms. The number of methoxy groups -OCH3 is 1. The quantitative estimate of drug-likeness (QED) is 0.730. The fraction of sp³-hybridized carbons (Fsp3) is 0.364. The molecule has 0 aliphatic heterocycles. The van der Waals surface area contributed by atoms with E-state index in [2.05, 4.69) is 4.74 Å². The number of nitrogens with two attached hydrogens (primary N) is 1. The highest BCUT2D eigenvalue weighted by Gasteiger charge is 2.13. The van der Waals surface area contributed by atoms with Crippen molar-refractivity contribution in [3.8, 4) is 0 Å². The van der Waals surface area contributed by atoms with Crippen molar-refractivity contribution in [3.05, 3.63) is 35.4 Å². The molecule has 1 aromatic rings. The number of rotatable bonds is 3. The Bertz CT molecular complexity index is 323. The average Bonchev–Trinajstić information content (AvgIpc) is 2.16. The third-order valence-corrected chi connectivity index (χ3v) is 2.04. The third-order valence-electron chi connectivity index (χ3n) is 2.04. The number of esters is 1. The summed E-state index contributed by atoms with van der Waals surface area (Å²) in [5.74, 6) is -0.369. The van der Waals surface area contributed by atoms with Crippen LogP contribution in [0.2, 0.25) is 0 Å². The molecule has 76 valence electrons. The Morgan fingerprint density at radius 2 is 2.29 bits per heavy atom. The topological polar surface area (TPSA) is 52.3 Å². The lowest BCUT2D eigenvalue weighted by Crippen LogP contribution is -2.33. The van der Waals surface area contributed by atoms with Crippen molar-refractivity contribution >= 4 is 5.97 Å². The molecule has 0 aliphatic rings. The number of carbonyl (C=O) groups excluding carboxylic acids is 1. The van der Waals surface area contributed by atoms with Gasteiger partial charge >= 0.3 is 5.97 Å². The van der Waals surface area contributed by atoms with Crippen LogP contribution in [-0.2, 0) is 16.0 Å². The normalized spacial score (nSPS) is 12.2. The minimum atomic E-state index is -0.568. The van der Waals surface area contributed by atoms with E-state index in [4.69, 9.17) is 5.73 Å². The summed E-state index contributed by atoms with van der Waals surface area (Å²) in [4.78, 5) is 11.1. The summed E-state index contributed by atoms with van der Waals surface area (Å²) in [6, 6.07) is 7.36. The molecule has 0 saturated heterocycles. The van der Waals surface area contributed by atoms with Gasteiger partial charge < -0.3 is 10.5 Å². The second kappa shape index (κ2) is 4.77. The van der Waals surface area contributed by atoms with Crippen LogP contribution in [0.3, 0.4) is 0 Å². The molecule has 2 N–H and O–H groups in total. The fourth-order valence-corrected chi connectivity index (χ4v) is 1.33. The molecule has 1 atom stereocenters. The molecular weight excluding hydrogens is 178 g/mol. The standard InChI is InChI=1S/C11H15NO2/c1-8-4-3-5-9(6-8)7-10(12)11(13)14-2/h3-6,10H,7,12H2,1-2H3. The number of aryl methyl sites for hydroxylation is 1. The van der Waals surface area contributed by atoms with E-state index in [9.17, 15) is 4.79 Å². The number of carbonyl (C=O) groups is 1. The van der Waals surface area contributed by atoms with Crippen molar-refractivity contribution in [1.29, 1.82) is 0 Å². The molecule has 0 heterocycles. The van der Waals surface area contributed by atoms with Gasteiger partial charge in [0.05, 0.1) is 7.11 Å². The van der Waals surface area contributed by atoms with E-state index < -0.39 is 6.04 Å². The zero-order valence-corrected chi connectivity index (χ0v) is 8.49. The molecule has 0 spiro atoms. The molecule has 1 unspecified atom stereocenters. The number of ether oxygens (including phenoxy) is 1. The molecule has 1 aromatic carbocycles. The van der Waals surface area contributed by atoms with Crippen LogP contribution in [0.15, 0.2) is 24.3 Å². The summed E-state index contributed by atoms with van der Waals surface area (Å²) in [6.45, 7) is 2.01. The van der Waals surface area contributed by atoms with E-state index in [1.165, 1.54) is 12.7 Å². The number of hydrogen-bond donors (Lipinski definition) is 1. The molecule has 3 heteroatoms. The van der Waals surface area contributed by atoms with Crippen molar-refractivity contribution in [1.82, 2.24) is 0 Å². The molecule has 0 bridgehead atoms. The first-order valence-electron chi connectivity index (χ1n) is 4.52. The van der Waals surface area contributed by atoms with Crippen LogP contribution in [0.5, 0.6) is 0 Å². The summed E-state index contributed by atoms with van der Waals surface area (Å²) >= 11 is 0. The van der Waals surface area contributed by atoms with Gasteiger partial charge in [-0.3, -0.25) is 4.79 Å². The van der Waals surface area contributed by atoms with Crippen molar-refractivity contribution < 1.29 is 9.53 Å². The maximum atomic E-state index is 11.1. The Morgan fingerprint density at radius 3 is 2.86 bits per heavy atom. The largest absolute Gasteiger partial charge is 0.468 e. The van der Waals surface area contributed by atoms with Gasteiger partial charge in [0.2, 0.25) is 0 Å². The van der Waals surface area contributed by atoms with Crippen LogP contribution in [-0.4, -0.2) is 19.1 Å². The Kier molecular flexibility index (Phi) is 3.65. The average molecular weight is 193 g/mol. The SMILES string of the molecule is COC(=O)C(N)Cc1cccc(C)c1. The molecule has 0 fully saturated rings. The maximum Gasteiger partial charge on any atom is 0.322 e. The van der Waals surface area contributed by atoms with Gasteiger partial charge in [0.1, 0.15) is 6.04 Å². The first-order chi connectivity index (χ1) is 6.63. The number of benzene rings is 1. The van der Waals surface area contributed by atoms with Gasteiger partial charge in [-0.15, -0.1) is 0 Å². The Balaban J connectivity index is 2.64. The van der Waals surface area contributed by atoms with E-state index in [1.807, 2.05) is 31.2 Å². The van der Waals surface area contributed by atoms with Crippen LogP contribution in [0.1, 0.15) is 11.1 Å². The molecule has 0 saturated carbocycles. The summed E-state index contributed by atoms with van der Waals surface area (Å²) in [5, 5.41) is 0. The minimum absolute atomic E-state index is 0.369. The van der Waals surface area contributed by atoms with Gasteiger partial charge in [-0.2, -0.15) is 0 Å². The van der Waals surface area contributed by atoms with Crippen molar-refractivity contribution in [3.63, 3.8) is 0 Å². The van der Waals surface area contributed by atoms with Gasteiger partial charge in [0.15, 0.2) is 0 Å². The van der Waals surface area contributed by atoms with E-state index in [0.29, 0.717) is 6.42 Å². The lowest BCUT2D eigenvalue weighted by Gasteiger charge is -2.09. The van der Waals surface area contributed by atoms with Crippen LogP contribution in [0, 0.1) is 6.92 Å². The van der Waals surface area contributed by atoms with Crippen molar-refractivity contribution in [2.45, 2.75) is 19.4 Å². The molecule has 0 radical (unpaired) electrons. The van der Waals surface area contributed by atoms with Crippen LogP contribution in [0.25, 0.3) is 0 Å². The summed E-state index contributed by atoms with van der Waals surface area (Å²) in [6.07, 6.45) is 0.522. The van der Waals surface area contributed by atoms with Gasteiger partial charge in [0, 0.05) is 0 Å². The van der Waals surface area contributed by atoms with Gasteiger partial charge in [0.25, 0.3) is 0 Å². The maximum absolute atomic E-state index is 11.1. The molecule has 0 aliphatic carbocycles. The molecule has 0 aromatic heterocycles. The highest BCUT2D eigenvalue weighted by Crippen LogP contribution is 2.06. The third kappa shape index (κ3) is 2.85. The summed E-state index contributed by atoms with van der Waals surface area (Å²) < 4.78 is 4.55. The molecule has 0 amide bonds. The predicted octanol–water partition coefficient (Wildman–Crippen LogP) is 1.04. The van der Waals surface area contributed by atoms with Crippen LogP contribution in [0.4, 0.5) is 0 Å². The minimum Gasteiger partial charge on any atom is -0.468 e. The Labute approximate surface area is 83.9 Å². The lowest BCUT2D eigenvalue weighted by molar-refractivity contribution is -0.142. The van der Waals surface area contributed by atoms with Crippen molar-refractivity contribution in [2.75, 3.05) is 7.11 Å². The molecule has 3 nitrogen and oxygen atoms in total. The Morgan fingerprint density at radius 1 is 1.57 bits per heavy atom. The smallest absolute Gasteiger partial charge is 0.322 e. The van der Waals surface area contributed by atoms with E-state index in [1.54, 1.807) is 0 Å². The second-order valence-electron chi connectivity index (χ2n) is 3.32. The molecular formula is C11H15NO2. The zero-order valence-electron chi connectivity index (χ0n) is 8.49. The van der Waals surface area contributed by atoms with E-state index in [-0.39, 0.29) is 5.97 Å². The first-order valence-corrected chi connectivity index (χ1v) is 4.52.